The van der Waals surface area contributed by atoms with Gasteiger partial charge in [0.1, 0.15) is 6.04 Å². The molecule has 1 heterocycles. The second kappa shape index (κ2) is 12.7. The van der Waals surface area contributed by atoms with E-state index in [0.717, 1.165) is 0 Å². The number of anilines is 4. The molecule has 1 N–H and O–H groups in total. The highest BCUT2D eigenvalue weighted by atomic mass is 79.9. The Bertz CT molecular complexity index is 1400. The minimum Gasteiger partial charge on any atom is -0.480 e. The van der Waals surface area contributed by atoms with E-state index in [1.54, 1.807) is 34.1 Å². The molecule has 1 saturated heterocycles. The molecular formula is C32H29BrN4O4. The summed E-state index contributed by atoms with van der Waals surface area (Å²) in [5, 5.41) is 10.7. The van der Waals surface area contributed by atoms with E-state index < -0.39 is 24.1 Å². The van der Waals surface area contributed by atoms with Crippen molar-refractivity contribution >= 4 is 56.7 Å². The molecule has 2 atom stereocenters. The van der Waals surface area contributed by atoms with Gasteiger partial charge in [0.15, 0.2) is 0 Å². The molecular weight excluding hydrogens is 584 g/mol. The van der Waals surface area contributed by atoms with Crippen LogP contribution in [0.1, 0.15) is 0 Å². The van der Waals surface area contributed by atoms with Crippen molar-refractivity contribution in [3.63, 3.8) is 0 Å². The number of carboxylic acid groups (broad SMARTS) is 1. The Labute approximate surface area is 247 Å². The predicted octanol–water partition coefficient (Wildman–Crippen LogP) is 6.74. The van der Waals surface area contributed by atoms with Crippen LogP contribution in [0.2, 0.25) is 0 Å². The molecule has 4 amide bonds. The van der Waals surface area contributed by atoms with Gasteiger partial charge in [0.2, 0.25) is 0 Å². The van der Waals surface area contributed by atoms with Gasteiger partial charge in [-0.25, -0.2) is 14.4 Å². The van der Waals surface area contributed by atoms with Crippen LogP contribution in [0.4, 0.5) is 32.3 Å². The van der Waals surface area contributed by atoms with E-state index in [1.807, 2.05) is 97.1 Å². The van der Waals surface area contributed by atoms with Gasteiger partial charge in [-0.2, -0.15) is 0 Å². The Morgan fingerprint density at radius 1 is 0.610 bits per heavy atom. The number of carbonyl (C=O) groups excluding carboxylic acids is 2. The second-order valence-corrected chi connectivity index (χ2v) is 10.2. The van der Waals surface area contributed by atoms with E-state index >= 15 is 0 Å². The van der Waals surface area contributed by atoms with E-state index in [1.165, 1.54) is 9.80 Å². The molecule has 4 aromatic carbocycles. The van der Waals surface area contributed by atoms with E-state index in [-0.39, 0.29) is 19.1 Å². The number of aliphatic carboxylic acids is 1. The molecule has 0 unspecified atom stereocenters. The number of hydrogen-bond donors (Lipinski definition) is 1. The number of urea groups is 2. The number of para-hydroxylation sites is 4. The summed E-state index contributed by atoms with van der Waals surface area (Å²) in [7, 11) is 0. The molecule has 0 spiro atoms. The minimum atomic E-state index is -1.26. The van der Waals surface area contributed by atoms with E-state index in [4.69, 9.17) is 0 Å². The van der Waals surface area contributed by atoms with E-state index in [2.05, 4.69) is 15.9 Å². The van der Waals surface area contributed by atoms with Crippen LogP contribution in [0.15, 0.2) is 121 Å². The van der Waals surface area contributed by atoms with Crippen LogP contribution in [-0.2, 0) is 4.79 Å². The van der Waals surface area contributed by atoms with Crippen LogP contribution >= 0.6 is 15.9 Å². The van der Waals surface area contributed by atoms with Gasteiger partial charge in [-0.1, -0.05) is 88.7 Å². The average molecular weight is 614 g/mol. The first-order valence-corrected chi connectivity index (χ1v) is 14.3. The molecule has 0 saturated carbocycles. The summed E-state index contributed by atoms with van der Waals surface area (Å²) < 4.78 is 0. The van der Waals surface area contributed by atoms with Crippen molar-refractivity contribution in [2.45, 2.75) is 12.1 Å². The lowest BCUT2D eigenvalue weighted by molar-refractivity contribution is -0.144. The maximum Gasteiger partial charge on any atom is 0.329 e. The molecule has 5 rings (SSSR count). The third-order valence-electron chi connectivity index (χ3n) is 6.99. The number of halogens is 1. The zero-order valence-electron chi connectivity index (χ0n) is 22.2. The molecule has 0 aromatic heterocycles. The Kier molecular flexibility index (Phi) is 8.64. The van der Waals surface area contributed by atoms with Gasteiger partial charge in [-0.15, -0.1) is 0 Å². The summed E-state index contributed by atoms with van der Waals surface area (Å²) in [5.41, 5.74) is 2.53. The van der Waals surface area contributed by atoms with E-state index in [0.29, 0.717) is 28.1 Å². The maximum atomic E-state index is 14.2. The standard InChI is InChI=1S/C32H29BrN4O4/c33-21-28-22-35(32(41)37(26-17-9-3-10-18-26)27-19-11-4-12-20-27)29(30(38)39)23-34(28)31(40)36(24-13-5-1-6-14-24)25-15-7-2-8-16-25/h1-20,28-29H,21-23H2,(H,38,39)/t28-,29-/m1/s1. The van der Waals surface area contributed by atoms with Crippen molar-refractivity contribution in [1.82, 2.24) is 9.80 Å². The normalized spacial score (nSPS) is 16.6. The Hall–Kier alpha value is -4.63. The Morgan fingerprint density at radius 3 is 1.27 bits per heavy atom. The summed E-state index contributed by atoms with van der Waals surface area (Å²) in [6, 6.07) is 34.1. The van der Waals surface area contributed by atoms with Crippen LogP contribution < -0.4 is 9.80 Å². The van der Waals surface area contributed by atoms with Gasteiger partial charge >= 0.3 is 18.0 Å². The third-order valence-corrected chi connectivity index (χ3v) is 7.74. The van der Waals surface area contributed by atoms with Crippen molar-refractivity contribution in [2.24, 2.45) is 0 Å². The smallest absolute Gasteiger partial charge is 0.329 e. The highest BCUT2D eigenvalue weighted by Crippen LogP contribution is 2.32. The molecule has 1 aliphatic heterocycles. The Morgan fingerprint density at radius 2 is 0.951 bits per heavy atom. The van der Waals surface area contributed by atoms with Crippen LogP contribution in [0.25, 0.3) is 0 Å². The van der Waals surface area contributed by atoms with Gasteiger partial charge < -0.3 is 14.9 Å². The first kappa shape index (κ1) is 27.9. The molecule has 0 radical (unpaired) electrons. The zero-order valence-corrected chi connectivity index (χ0v) is 23.7. The molecule has 8 nitrogen and oxygen atoms in total. The fourth-order valence-corrected chi connectivity index (χ4v) is 5.54. The molecule has 1 fully saturated rings. The lowest BCUT2D eigenvalue weighted by Crippen LogP contribution is -2.66. The molecule has 208 valence electrons. The minimum absolute atomic E-state index is 0.0282. The van der Waals surface area contributed by atoms with Crippen molar-refractivity contribution in [2.75, 3.05) is 28.2 Å². The van der Waals surface area contributed by atoms with Crippen LogP contribution in [0, 0.1) is 0 Å². The molecule has 41 heavy (non-hydrogen) atoms. The van der Waals surface area contributed by atoms with E-state index in [9.17, 15) is 19.5 Å². The summed E-state index contributed by atoms with van der Waals surface area (Å²) in [5.74, 6) is -1.18. The highest BCUT2D eigenvalue weighted by Gasteiger charge is 2.44. The largest absolute Gasteiger partial charge is 0.480 e. The van der Waals surface area contributed by atoms with Crippen molar-refractivity contribution in [3.8, 4) is 0 Å². The number of benzene rings is 4. The predicted molar refractivity (Wildman–Crippen MR) is 163 cm³/mol. The molecule has 0 aliphatic carbocycles. The molecule has 1 aliphatic rings. The number of carbonyl (C=O) groups is 3. The SMILES string of the molecule is O=C(O)[C@H]1CN(C(=O)N(c2ccccc2)c2ccccc2)[C@H](CBr)CN1C(=O)N(c1ccccc1)c1ccccc1. The van der Waals surface area contributed by atoms with Gasteiger partial charge in [0.25, 0.3) is 0 Å². The third kappa shape index (κ3) is 5.95. The van der Waals surface area contributed by atoms with Gasteiger partial charge in [-0.05, 0) is 48.5 Å². The molecule has 4 aromatic rings. The average Bonchev–Trinajstić information content (AvgIpc) is 3.02. The number of alkyl halides is 1. The first-order valence-electron chi connectivity index (χ1n) is 13.2. The monoisotopic (exact) mass is 612 g/mol. The molecule has 9 heteroatoms. The maximum absolute atomic E-state index is 14.2. The van der Waals surface area contributed by atoms with Crippen LogP contribution in [0.5, 0.6) is 0 Å². The second-order valence-electron chi connectivity index (χ2n) is 9.55. The van der Waals surface area contributed by atoms with Crippen molar-refractivity contribution < 1.29 is 19.5 Å². The van der Waals surface area contributed by atoms with Gasteiger partial charge in [0, 0.05) is 11.9 Å². The van der Waals surface area contributed by atoms with Crippen LogP contribution in [-0.4, -0.2) is 63.4 Å². The number of amides is 4. The van der Waals surface area contributed by atoms with Crippen molar-refractivity contribution in [3.05, 3.63) is 121 Å². The highest BCUT2D eigenvalue weighted by molar-refractivity contribution is 9.09. The lowest BCUT2D eigenvalue weighted by Gasteiger charge is -2.46. The topological polar surface area (TPSA) is 84.4 Å². The number of hydrogen-bond acceptors (Lipinski definition) is 3. The fraction of sp³-hybridized carbons (Fsp3) is 0.156. The number of rotatable bonds is 6. The number of nitrogens with zero attached hydrogens (tertiary/aromatic N) is 4. The Balaban J connectivity index is 1.50. The zero-order chi connectivity index (χ0) is 28.8. The quantitative estimate of drug-likeness (QED) is 0.244. The lowest BCUT2D eigenvalue weighted by atomic mass is 10.1. The van der Waals surface area contributed by atoms with Gasteiger partial charge in [-0.3, -0.25) is 9.80 Å². The fourth-order valence-electron chi connectivity index (χ4n) is 4.98. The van der Waals surface area contributed by atoms with Crippen molar-refractivity contribution in [1.29, 1.82) is 0 Å². The van der Waals surface area contributed by atoms with Crippen LogP contribution in [0.3, 0.4) is 0 Å². The summed E-state index contributed by atoms with van der Waals surface area (Å²) in [4.78, 5) is 47.1. The number of carboxylic acids is 1. The summed E-state index contributed by atoms with van der Waals surface area (Å²) in [6.45, 7) is -0.149. The first-order chi connectivity index (χ1) is 20.0. The summed E-state index contributed by atoms with van der Waals surface area (Å²) >= 11 is 3.53. The van der Waals surface area contributed by atoms with Gasteiger partial charge in [0.05, 0.1) is 35.3 Å². The number of piperazine rings is 1. The molecule has 0 bridgehead atoms. The summed E-state index contributed by atoms with van der Waals surface area (Å²) in [6.07, 6.45) is 0.